The molecule has 0 aliphatic carbocycles. The lowest BCUT2D eigenvalue weighted by atomic mass is 10.1. The molecular formula is C11H16ClNO2S. The molecule has 3 N–H and O–H groups in total. The van der Waals surface area contributed by atoms with Crippen molar-refractivity contribution in [2.45, 2.75) is 16.9 Å². The quantitative estimate of drug-likeness (QED) is 0.577. The standard InChI is InChI=1S/C6H5ClS.C5H11NO2/c7-5-1-3-6(8)4-2-5;7-4-5(8)1-2-6-3-5/h1-4,8H;6-8H,1-4H2. The molecule has 0 spiro atoms. The van der Waals surface area contributed by atoms with Crippen LogP contribution in [0.5, 0.6) is 0 Å². The van der Waals surface area contributed by atoms with E-state index in [9.17, 15) is 5.11 Å². The summed E-state index contributed by atoms with van der Waals surface area (Å²) in [6, 6.07) is 7.32. The van der Waals surface area contributed by atoms with Crippen LogP contribution in [-0.4, -0.2) is 35.5 Å². The lowest BCUT2D eigenvalue weighted by Gasteiger charge is -2.16. The van der Waals surface area contributed by atoms with E-state index in [1.807, 2.05) is 24.3 Å². The fourth-order valence-electron chi connectivity index (χ4n) is 1.31. The van der Waals surface area contributed by atoms with E-state index in [1.54, 1.807) is 0 Å². The Bertz CT molecular complexity index is 291. The SMILES string of the molecule is OCC1(O)CCNC1.Sc1ccc(Cl)cc1. The van der Waals surface area contributed by atoms with Crippen molar-refractivity contribution < 1.29 is 10.2 Å². The first-order valence-electron chi connectivity index (χ1n) is 5.04. The number of β-amino-alcohol motifs (C(OH)–C–C–N with tert-alkyl or cyclic N) is 1. The van der Waals surface area contributed by atoms with Gasteiger partial charge in [0.1, 0.15) is 5.60 Å². The topological polar surface area (TPSA) is 52.5 Å². The number of hydrogen-bond donors (Lipinski definition) is 4. The molecule has 0 aromatic heterocycles. The molecule has 3 nitrogen and oxygen atoms in total. The van der Waals surface area contributed by atoms with Crippen LogP contribution in [0.1, 0.15) is 6.42 Å². The maximum atomic E-state index is 9.19. The molecule has 1 atom stereocenters. The third kappa shape index (κ3) is 4.72. The summed E-state index contributed by atoms with van der Waals surface area (Å²) in [5.74, 6) is 0. The van der Waals surface area contributed by atoms with Crippen LogP contribution in [0.25, 0.3) is 0 Å². The van der Waals surface area contributed by atoms with Crippen molar-refractivity contribution in [1.29, 1.82) is 0 Å². The first kappa shape index (κ1) is 13.8. The molecule has 0 amide bonds. The number of thiol groups is 1. The van der Waals surface area contributed by atoms with E-state index in [1.165, 1.54) is 0 Å². The van der Waals surface area contributed by atoms with Crippen molar-refractivity contribution in [3.63, 3.8) is 0 Å². The van der Waals surface area contributed by atoms with Gasteiger partial charge in [0, 0.05) is 16.5 Å². The van der Waals surface area contributed by atoms with Gasteiger partial charge in [-0.2, -0.15) is 0 Å². The monoisotopic (exact) mass is 261 g/mol. The van der Waals surface area contributed by atoms with Crippen molar-refractivity contribution in [1.82, 2.24) is 5.32 Å². The number of halogens is 1. The van der Waals surface area contributed by atoms with Gasteiger partial charge in [-0.25, -0.2) is 0 Å². The second-order valence-corrected chi connectivity index (χ2v) is 4.74. The summed E-state index contributed by atoms with van der Waals surface area (Å²) in [4.78, 5) is 0.939. The first-order chi connectivity index (χ1) is 7.56. The molecule has 0 radical (unpaired) electrons. The van der Waals surface area contributed by atoms with E-state index in [-0.39, 0.29) is 6.61 Å². The molecule has 0 saturated carbocycles. The van der Waals surface area contributed by atoms with Gasteiger partial charge in [0.15, 0.2) is 0 Å². The average molecular weight is 262 g/mol. The maximum Gasteiger partial charge on any atom is 0.101 e. The number of benzene rings is 1. The van der Waals surface area contributed by atoms with Gasteiger partial charge in [-0.3, -0.25) is 0 Å². The van der Waals surface area contributed by atoms with Gasteiger partial charge in [0.25, 0.3) is 0 Å². The summed E-state index contributed by atoms with van der Waals surface area (Å²) in [6.45, 7) is 1.22. The van der Waals surface area contributed by atoms with Gasteiger partial charge in [-0.15, -0.1) is 12.6 Å². The summed E-state index contributed by atoms with van der Waals surface area (Å²) in [5.41, 5.74) is -0.819. The summed E-state index contributed by atoms with van der Waals surface area (Å²) in [5, 5.41) is 21.4. The van der Waals surface area contributed by atoms with E-state index in [2.05, 4.69) is 17.9 Å². The Morgan fingerprint density at radius 3 is 2.31 bits per heavy atom. The van der Waals surface area contributed by atoms with Crippen LogP contribution >= 0.6 is 24.2 Å². The number of aliphatic hydroxyl groups excluding tert-OH is 1. The summed E-state index contributed by atoms with van der Waals surface area (Å²) < 4.78 is 0. The predicted octanol–water partition coefficient (Wildman–Crippen LogP) is 1.33. The van der Waals surface area contributed by atoms with E-state index in [0.717, 1.165) is 16.5 Å². The Labute approximate surface area is 106 Å². The highest BCUT2D eigenvalue weighted by molar-refractivity contribution is 7.80. The molecule has 1 aromatic carbocycles. The summed E-state index contributed by atoms with van der Waals surface area (Å²) in [6.07, 6.45) is 0.670. The number of hydrogen-bond acceptors (Lipinski definition) is 4. The van der Waals surface area contributed by atoms with Crippen molar-refractivity contribution in [2.75, 3.05) is 19.7 Å². The van der Waals surface area contributed by atoms with Gasteiger partial charge >= 0.3 is 0 Å². The van der Waals surface area contributed by atoms with Crippen LogP contribution in [0.15, 0.2) is 29.2 Å². The molecular weight excluding hydrogens is 246 g/mol. The zero-order valence-electron chi connectivity index (χ0n) is 8.86. The van der Waals surface area contributed by atoms with Gasteiger partial charge in [0.05, 0.1) is 6.61 Å². The van der Waals surface area contributed by atoms with Gasteiger partial charge in [0.2, 0.25) is 0 Å². The molecule has 5 heteroatoms. The van der Waals surface area contributed by atoms with Crippen LogP contribution in [0.3, 0.4) is 0 Å². The summed E-state index contributed by atoms with van der Waals surface area (Å²) in [7, 11) is 0. The largest absolute Gasteiger partial charge is 0.393 e. The molecule has 16 heavy (non-hydrogen) atoms. The van der Waals surface area contributed by atoms with Crippen molar-refractivity contribution in [2.24, 2.45) is 0 Å². The Hall–Kier alpha value is -0.260. The predicted molar refractivity (Wildman–Crippen MR) is 68.2 cm³/mol. The molecule has 1 aliphatic rings. The lowest BCUT2D eigenvalue weighted by molar-refractivity contribution is 0.00330. The fourth-order valence-corrected chi connectivity index (χ4v) is 1.58. The van der Waals surface area contributed by atoms with E-state index in [4.69, 9.17) is 16.7 Å². The Morgan fingerprint density at radius 1 is 1.38 bits per heavy atom. The van der Waals surface area contributed by atoms with Crippen LogP contribution < -0.4 is 5.32 Å². The zero-order valence-corrected chi connectivity index (χ0v) is 10.5. The van der Waals surface area contributed by atoms with Crippen LogP contribution in [-0.2, 0) is 0 Å². The molecule has 1 saturated heterocycles. The maximum absolute atomic E-state index is 9.19. The molecule has 1 aliphatic heterocycles. The minimum absolute atomic E-state index is 0.125. The third-order valence-electron chi connectivity index (χ3n) is 2.34. The normalized spacial score (nSPS) is 23.8. The Kier molecular flexibility index (Phi) is 5.58. The molecule has 1 aromatic rings. The average Bonchev–Trinajstić information content (AvgIpc) is 2.72. The third-order valence-corrected chi connectivity index (χ3v) is 2.89. The van der Waals surface area contributed by atoms with Crippen LogP contribution in [0.4, 0.5) is 0 Å². The Balaban J connectivity index is 0.000000160. The molecule has 2 rings (SSSR count). The second kappa shape index (κ2) is 6.47. The molecule has 1 fully saturated rings. The highest BCUT2D eigenvalue weighted by Crippen LogP contribution is 2.12. The van der Waals surface area contributed by atoms with Crippen LogP contribution in [0, 0.1) is 0 Å². The minimum Gasteiger partial charge on any atom is -0.393 e. The second-order valence-electron chi connectivity index (χ2n) is 3.79. The minimum atomic E-state index is -0.819. The number of aliphatic hydroxyl groups is 2. The van der Waals surface area contributed by atoms with Crippen molar-refractivity contribution in [3.05, 3.63) is 29.3 Å². The van der Waals surface area contributed by atoms with Gasteiger partial charge in [-0.1, -0.05) is 11.6 Å². The molecule has 90 valence electrons. The van der Waals surface area contributed by atoms with Crippen molar-refractivity contribution in [3.8, 4) is 0 Å². The van der Waals surface area contributed by atoms with Crippen molar-refractivity contribution >= 4 is 24.2 Å². The van der Waals surface area contributed by atoms with Gasteiger partial charge < -0.3 is 15.5 Å². The highest BCUT2D eigenvalue weighted by atomic mass is 35.5. The molecule has 1 unspecified atom stereocenters. The Morgan fingerprint density at radius 2 is 2.00 bits per heavy atom. The molecule has 0 bridgehead atoms. The first-order valence-corrected chi connectivity index (χ1v) is 5.87. The number of rotatable bonds is 1. The highest BCUT2D eigenvalue weighted by Gasteiger charge is 2.29. The number of nitrogens with one attached hydrogen (secondary N) is 1. The fraction of sp³-hybridized carbons (Fsp3) is 0.455. The lowest BCUT2D eigenvalue weighted by Crippen LogP contribution is -2.35. The zero-order chi connectivity index (χ0) is 12.0. The smallest absolute Gasteiger partial charge is 0.101 e. The van der Waals surface area contributed by atoms with Crippen LogP contribution in [0.2, 0.25) is 5.02 Å². The van der Waals surface area contributed by atoms with Gasteiger partial charge in [-0.05, 0) is 37.2 Å². The summed E-state index contributed by atoms with van der Waals surface area (Å²) >= 11 is 9.65. The van der Waals surface area contributed by atoms with E-state index < -0.39 is 5.60 Å². The van der Waals surface area contributed by atoms with E-state index in [0.29, 0.717) is 13.0 Å². The molecule has 1 heterocycles. The van der Waals surface area contributed by atoms with E-state index >= 15 is 0 Å².